The Morgan fingerprint density at radius 1 is 1.08 bits per heavy atom. The second kappa shape index (κ2) is 8.96. The summed E-state index contributed by atoms with van der Waals surface area (Å²) in [6.07, 6.45) is -2.74. The molecule has 192 valence electrons. The van der Waals surface area contributed by atoms with E-state index in [1.54, 1.807) is 6.92 Å². The van der Waals surface area contributed by atoms with Crippen molar-refractivity contribution in [3.63, 3.8) is 0 Å². The van der Waals surface area contributed by atoms with Gasteiger partial charge in [0.05, 0.1) is 11.3 Å². The molecule has 1 N–H and O–H groups in total. The molecule has 0 atom stereocenters. The van der Waals surface area contributed by atoms with Gasteiger partial charge in [0, 0.05) is 30.8 Å². The quantitative estimate of drug-likeness (QED) is 0.399. The summed E-state index contributed by atoms with van der Waals surface area (Å²) in [5.41, 5.74) is -2.44. The van der Waals surface area contributed by atoms with Gasteiger partial charge in [-0.1, -0.05) is 12.1 Å². The van der Waals surface area contributed by atoms with Gasteiger partial charge in [0.1, 0.15) is 5.39 Å². The van der Waals surface area contributed by atoms with E-state index in [-0.39, 0.29) is 28.0 Å². The van der Waals surface area contributed by atoms with Crippen molar-refractivity contribution in [2.24, 2.45) is 7.05 Å². The van der Waals surface area contributed by atoms with Gasteiger partial charge in [-0.25, -0.2) is 22.8 Å². The van der Waals surface area contributed by atoms with E-state index < -0.39 is 43.9 Å². The van der Waals surface area contributed by atoms with Crippen molar-refractivity contribution in [2.75, 3.05) is 11.6 Å². The zero-order valence-electron chi connectivity index (χ0n) is 19.5. The largest absolute Gasteiger partial charge is 0.416 e. The molecule has 0 bridgehead atoms. The first kappa shape index (κ1) is 25.8. The van der Waals surface area contributed by atoms with E-state index in [0.717, 1.165) is 33.7 Å². The molecule has 0 fully saturated rings. The number of anilines is 1. The molecule has 0 saturated heterocycles. The number of alkyl halides is 3. The molecule has 0 saturated carbocycles. The van der Waals surface area contributed by atoms with Gasteiger partial charge in [-0.3, -0.25) is 14.2 Å². The molecule has 2 aromatic heterocycles. The Bertz CT molecular complexity index is 1810. The highest BCUT2D eigenvalue weighted by Crippen LogP contribution is 2.29. The third-order valence-corrected chi connectivity index (χ3v) is 6.33. The number of aromatic nitrogens is 4. The van der Waals surface area contributed by atoms with Gasteiger partial charge in [0.15, 0.2) is 5.65 Å². The summed E-state index contributed by atoms with van der Waals surface area (Å²) in [5.74, 6) is -0.832. The second-order valence-corrected chi connectivity index (χ2v) is 10.1. The second-order valence-electron chi connectivity index (χ2n) is 8.18. The van der Waals surface area contributed by atoms with Crippen LogP contribution in [-0.2, 0) is 23.1 Å². The Labute approximate surface area is 207 Å². The lowest BCUT2D eigenvalue weighted by Gasteiger charge is -2.14. The molecule has 0 aliphatic heterocycles. The fourth-order valence-electron chi connectivity index (χ4n) is 3.57. The van der Waals surface area contributed by atoms with Crippen molar-refractivity contribution in [1.82, 2.24) is 19.1 Å². The summed E-state index contributed by atoms with van der Waals surface area (Å²) in [5, 5.41) is 1.78. The number of aryl methyl sites for hydroxylation is 2. The van der Waals surface area contributed by atoms with Crippen molar-refractivity contribution in [3.05, 3.63) is 86.2 Å². The fourth-order valence-corrected chi connectivity index (χ4v) is 4.07. The number of hydrogen-bond donors (Lipinski definition) is 1. The van der Waals surface area contributed by atoms with Crippen molar-refractivity contribution >= 4 is 32.5 Å². The minimum atomic E-state index is -4.63. The minimum absolute atomic E-state index is 0.0848. The Morgan fingerprint density at radius 2 is 1.78 bits per heavy atom. The maximum atomic E-state index is 13.2. The monoisotopic (exact) mass is 533 g/mol. The minimum Gasteiger partial charge on any atom is -0.322 e. The molecule has 4 aromatic rings. The average molecular weight is 533 g/mol. The van der Waals surface area contributed by atoms with Gasteiger partial charge in [0.2, 0.25) is 15.0 Å². The predicted octanol–water partition coefficient (Wildman–Crippen LogP) is 2.46. The molecular formula is C23H18F3N5O5S. The van der Waals surface area contributed by atoms with E-state index in [1.807, 2.05) is 0 Å². The summed E-state index contributed by atoms with van der Waals surface area (Å²) in [7, 11) is -2.51. The van der Waals surface area contributed by atoms with Gasteiger partial charge < -0.3 is 5.32 Å². The highest BCUT2D eigenvalue weighted by Gasteiger charge is 2.31. The Morgan fingerprint density at radius 3 is 2.43 bits per heavy atom. The highest BCUT2D eigenvalue weighted by molar-refractivity contribution is 7.90. The first-order valence-corrected chi connectivity index (χ1v) is 12.4. The number of carbonyl (C=O) groups excluding carboxylic acids is 1. The number of benzene rings is 2. The van der Waals surface area contributed by atoms with Gasteiger partial charge in [-0.2, -0.15) is 18.2 Å². The van der Waals surface area contributed by atoms with Crippen molar-refractivity contribution in [2.45, 2.75) is 18.3 Å². The van der Waals surface area contributed by atoms with Gasteiger partial charge >= 0.3 is 11.9 Å². The molecule has 2 aromatic carbocycles. The lowest BCUT2D eigenvalue weighted by Crippen LogP contribution is -2.39. The number of nitrogens with one attached hydrogen (secondary N) is 1. The Balaban J connectivity index is 1.80. The topological polar surface area (TPSA) is 133 Å². The van der Waals surface area contributed by atoms with Crippen LogP contribution in [0.2, 0.25) is 0 Å². The van der Waals surface area contributed by atoms with Crippen molar-refractivity contribution in [3.8, 4) is 5.69 Å². The van der Waals surface area contributed by atoms with Crippen LogP contribution in [0.15, 0.2) is 63.4 Å². The summed E-state index contributed by atoms with van der Waals surface area (Å²) in [6.45, 7) is 1.60. The van der Waals surface area contributed by atoms with E-state index >= 15 is 0 Å². The van der Waals surface area contributed by atoms with Gasteiger partial charge in [-0.15, -0.1) is 0 Å². The lowest BCUT2D eigenvalue weighted by molar-refractivity contribution is -0.137. The molecule has 4 rings (SSSR count). The fraction of sp³-hybridized carbons (Fsp3) is 0.174. The average Bonchev–Trinajstić information content (AvgIpc) is 2.83. The zero-order valence-corrected chi connectivity index (χ0v) is 20.3. The zero-order chi connectivity index (χ0) is 27.3. The van der Waals surface area contributed by atoms with Crippen LogP contribution < -0.4 is 16.6 Å². The standard InChI is InChI=1S/C23H18F3N5O5S/c1-12-7-8-15(28-19(32)13-5-4-6-14(9-13)23(24,25)26)10-17(12)31-20(33)16-11-27-21(37(3,35)36)29-18(16)30(2)22(31)34/h4-11H,1-3H3,(H,28,32). The number of rotatable bonds is 4. The smallest absolute Gasteiger partial charge is 0.322 e. The van der Waals surface area contributed by atoms with Crippen LogP contribution >= 0.6 is 0 Å². The number of nitrogens with zero attached hydrogens (tertiary/aromatic N) is 4. The maximum absolute atomic E-state index is 13.2. The van der Waals surface area contributed by atoms with Crippen LogP contribution in [0.4, 0.5) is 18.9 Å². The summed E-state index contributed by atoms with van der Waals surface area (Å²) >= 11 is 0. The normalized spacial score (nSPS) is 12.1. The predicted molar refractivity (Wildman–Crippen MR) is 128 cm³/mol. The number of fused-ring (bicyclic) bond motifs is 1. The van der Waals surface area contributed by atoms with Crippen molar-refractivity contribution < 1.29 is 26.4 Å². The van der Waals surface area contributed by atoms with E-state index in [1.165, 1.54) is 31.3 Å². The molecule has 0 spiro atoms. The lowest BCUT2D eigenvalue weighted by atomic mass is 10.1. The molecule has 0 aliphatic carbocycles. The third kappa shape index (κ3) is 4.87. The molecule has 10 nitrogen and oxygen atoms in total. The highest BCUT2D eigenvalue weighted by atomic mass is 32.2. The van der Waals surface area contributed by atoms with Crippen LogP contribution in [0.5, 0.6) is 0 Å². The summed E-state index contributed by atoms with van der Waals surface area (Å²) in [6, 6.07) is 8.16. The SMILES string of the molecule is Cc1ccc(NC(=O)c2cccc(C(F)(F)F)c2)cc1-n1c(=O)c2cnc(S(C)(=O)=O)nc2n(C)c1=O. The van der Waals surface area contributed by atoms with E-state index in [9.17, 15) is 36.0 Å². The molecule has 0 radical (unpaired) electrons. The number of hydrogen-bond acceptors (Lipinski definition) is 7. The van der Waals surface area contributed by atoms with Gasteiger partial charge in [0.25, 0.3) is 11.5 Å². The van der Waals surface area contributed by atoms with Crippen LogP contribution in [-0.4, -0.2) is 39.7 Å². The summed E-state index contributed by atoms with van der Waals surface area (Å²) < 4.78 is 64.4. The number of carbonyl (C=O) groups is 1. The molecule has 0 aliphatic rings. The molecule has 2 heterocycles. The van der Waals surface area contributed by atoms with Crippen molar-refractivity contribution in [1.29, 1.82) is 0 Å². The Kier molecular flexibility index (Phi) is 6.23. The number of amides is 1. The number of halogens is 3. The Hall–Kier alpha value is -4.33. The van der Waals surface area contributed by atoms with E-state index in [4.69, 9.17) is 0 Å². The first-order chi connectivity index (χ1) is 17.2. The molecule has 0 unspecified atom stereocenters. The first-order valence-electron chi connectivity index (χ1n) is 10.5. The third-order valence-electron chi connectivity index (χ3n) is 5.47. The summed E-state index contributed by atoms with van der Waals surface area (Å²) in [4.78, 5) is 46.5. The van der Waals surface area contributed by atoms with Crippen LogP contribution in [0, 0.1) is 6.92 Å². The van der Waals surface area contributed by atoms with Crippen LogP contribution in [0.3, 0.4) is 0 Å². The molecule has 14 heteroatoms. The van der Waals surface area contributed by atoms with E-state index in [2.05, 4.69) is 15.3 Å². The van der Waals surface area contributed by atoms with Crippen LogP contribution in [0.1, 0.15) is 21.5 Å². The van der Waals surface area contributed by atoms with E-state index in [0.29, 0.717) is 11.6 Å². The molecule has 1 amide bonds. The molecular weight excluding hydrogens is 515 g/mol. The number of sulfone groups is 1. The molecule has 37 heavy (non-hydrogen) atoms. The maximum Gasteiger partial charge on any atom is 0.416 e. The van der Waals surface area contributed by atoms with Gasteiger partial charge in [-0.05, 0) is 42.8 Å². The van der Waals surface area contributed by atoms with Crippen LogP contribution in [0.25, 0.3) is 16.7 Å².